The lowest BCUT2D eigenvalue weighted by molar-refractivity contribution is -0.162. The summed E-state index contributed by atoms with van der Waals surface area (Å²) in [5.41, 5.74) is 3.88. The number of benzene rings is 1. The molecule has 0 spiro atoms. The van der Waals surface area contributed by atoms with Crippen LogP contribution in [0.3, 0.4) is 0 Å². The van der Waals surface area contributed by atoms with Gasteiger partial charge in [0.25, 0.3) is 5.88 Å². The molecule has 0 radical (unpaired) electrons. The minimum Gasteiger partial charge on any atom is -0.490 e. The number of carbonyl (C=O) groups excluding carboxylic acids is 1. The third-order valence-corrected chi connectivity index (χ3v) is 6.57. The molecule has 1 aromatic carbocycles. The summed E-state index contributed by atoms with van der Waals surface area (Å²) in [4.78, 5) is 36.0. The first kappa shape index (κ1) is 28.1. The number of nitrogens with one attached hydrogen (secondary N) is 2. The average Bonchev–Trinajstić information content (AvgIpc) is 3.34. The van der Waals surface area contributed by atoms with E-state index in [0.717, 1.165) is 22.2 Å². The lowest BCUT2D eigenvalue weighted by Gasteiger charge is -2.35. The molecular formula is C27H29F3N8O3. The van der Waals surface area contributed by atoms with Gasteiger partial charge in [-0.1, -0.05) is 6.07 Å². The van der Waals surface area contributed by atoms with Crippen LogP contribution >= 0.6 is 0 Å². The van der Waals surface area contributed by atoms with E-state index in [9.17, 15) is 18.0 Å². The molecule has 216 valence electrons. The first-order valence-electron chi connectivity index (χ1n) is 13.0. The van der Waals surface area contributed by atoms with Crippen molar-refractivity contribution in [2.75, 3.05) is 45.2 Å². The van der Waals surface area contributed by atoms with E-state index in [0.29, 0.717) is 55.3 Å². The number of amides is 1. The van der Waals surface area contributed by atoms with Crippen LogP contribution in [-0.2, 0) is 11.3 Å². The van der Waals surface area contributed by atoms with E-state index >= 15 is 0 Å². The Labute approximate surface area is 233 Å². The minimum absolute atomic E-state index is 0.264. The minimum atomic E-state index is -4.49. The number of anilines is 2. The molecule has 1 amide bonds. The number of fused-ring (bicyclic) bond motifs is 1. The van der Waals surface area contributed by atoms with E-state index < -0.39 is 18.5 Å². The molecule has 11 nitrogen and oxygen atoms in total. The van der Waals surface area contributed by atoms with Crippen molar-refractivity contribution >= 4 is 28.7 Å². The van der Waals surface area contributed by atoms with Crippen molar-refractivity contribution in [1.29, 1.82) is 0 Å². The van der Waals surface area contributed by atoms with Gasteiger partial charge in [0, 0.05) is 44.5 Å². The fourth-order valence-electron chi connectivity index (χ4n) is 4.66. The quantitative estimate of drug-likeness (QED) is 0.306. The predicted octanol–water partition coefficient (Wildman–Crippen LogP) is 4.16. The maximum absolute atomic E-state index is 12.5. The second kappa shape index (κ2) is 12.0. The summed E-state index contributed by atoms with van der Waals surface area (Å²) in [5.74, 6) is 1.02. The van der Waals surface area contributed by atoms with Gasteiger partial charge in [-0.2, -0.15) is 18.2 Å². The topological polar surface area (TPSA) is 121 Å². The van der Waals surface area contributed by atoms with Gasteiger partial charge in [0.05, 0.1) is 24.8 Å². The van der Waals surface area contributed by atoms with Crippen molar-refractivity contribution < 1.29 is 27.4 Å². The highest BCUT2D eigenvalue weighted by Gasteiger charge is 2.34. The van der Waals surface area contributed by atoms with Crippen LogP contribution in [0.4, 0.5) is 24.9 Å². The molecule has 1 aliphatic rings. The number of carbonyl (C=O) groups is 1. The van der Waals surface area contributed by atoms with E-state index in [4.69, 9.17) is 9.47 Å². The predicted molar refractivity (Wildman–Crippen MR) is 145 cm³/mol. The number of aromatic amines is 1. The molecule has 0 atom stereocenters. The van der Waals surface area contributed by atoms with Crippen molar-refractivity contribution in [2.24, 2.45) is 0 Å². The Bertz CT molecular complexity index is 1520. The van der Waals surface area contributed by atoms with Gasteiger partial charge in [0.1, 0.15) is 24.3 Å². The molecule has 14 heteroatoms. The Balaban J connectivity index is 1.24. The van der Waals surface area contributed by atoms with Crippen molar-refractivity contribution in [3.05, 3.63) is 48.4 Å². The molecule has 1 aliphatic heterocycles. The first-order chi connectivity index (χ1) is 19.7. The number of imidazole rings is 1. The fraction of sp³-hybridized carbons (Fsp3) is 0.370. The van der Waals surface area contributed by atoms with Crippen molar-refractivity contribution in [2.45, 2.75) is 26.1 Å². The summed E-state index contributed by atoms with van der Waals surface area (Å²) in [6.07, 6.45) is -2.80. The molecule has 0 unspecified atom stereocenters. The van der Waals surface area contributed by atoms with E-state index in [-0.39, 0.29) is 13.1 Å². The molecule has 0 saturated carbocycles. The van der Waals surface area contributed by atoms with E-state index in [2.05, 4.69) is 35.1 Å². The molecule has 1 fully saturated rings. The van der Waals surface area contributed by atoms with Crippen LogP contribution in [0, 0.1) is 0 Å². The zero-order chi connectivity index (χ0) is 29.0. The molecular weight excluding hydrogens is 541 g/mol. The van der Waals surface area contributed by atoms with Crippen LogP contribution in [0.2, 0.25) is 0 Å². The lowest BCUT2D eigenvalue weighted by Crippen LogP contribution is -2.49. The highest BCUT2D eigenvalue weighted by Crippen LogP contribution is 2.35. The number of piperazine rings is 1. The van der Waals surface area contributed by atoms with Crippen LogP contribution in [0.1, 0.15) is 18.9 Å². The second-order valence-electron chi connectivity index (χ2n) is 9.43. The number of rotatable bonds is 9. The normalized spacial score (nSPS) is 14.3. The maximum atomic E-state index is 12.5. The fourth-order valence-corrected chi connectivity index (χ4v) is 4.66. The molecule has 0 bridgehead atoms. The Morgan fingerprint density at radius 1 is 1.10 bits per heavy atom. The number of H-pyrrole nitrogens is 1. The average molecular weight is 571 g/mol. The van der Waals surface area contributed by atoms with Crippen molar-refractivity contribution in [1.82, 2.24) is 34.7 Å². The third-order valence-electron chi connectivity index (χ3n) is 6.57. The van der Waals surface area contributed by atoms with Crippen molar-refractivity contribution in [3.8, 4) is 22.9 Å². The molecule has 5 rings (SSSR count). The van der Waals surface area contributed by atoms with Gasteiger partial charge >= 0.3 is 6.18 Å². The smallest absolute Gasteiger partial charge is 0.397 e. The SMILES string of the molecule is CCOc1ncnc(-c2ccc3nc(Nc4cc(CN5CCN(C(=O)CC(F)(F)F)CC5)ccn4)[nH]c3c2)c1OC. The van der Waals surface area contributed by atoms with Crippen LogP contribution < -0.4 is 14.8 Å². The summed E-state index contributed by atoms with van der Waals surface area (Å²) in [5, 5.41) is 3.20. The van der Waals surface area contributed by atoms with Gasteiger partial charge in [-0.3, -0.25) is 9.69 Å². The highest BCUT2D eigenvalue weighted by molar-refractivity contribution is 5.84. The van der Waals surface area contributed by atoms with Gasteiger partial charge in [-0.05, 0) is 36.8 Å². The largest absolute Gasteiger partial charge is 0.490 e. The number of methoxy groups -OCH3 is 1. The molecule has 0 aliphatic carbocycles. The molecule has 3 aromatic heterocycles. The van der Waals surface area contributed by atoms with Gasteiger partial charge in [-0.25, -0.2) is 15.0 Å². The Hall–Kier alpha value is -4.46. The van der Waals surface area contributed by atoms with E-state index in [1.807, 2.05) is 37.3 Å². The molecule has 4 heterocycles. The first-order valence-corrected chi connectivity index (χ1v) is 13.0. The second-order valence-corrected chi connectivity index (χ2v) is 9.43. The number of nitrogens with zero attached hydrogens (tertiary/aromatic N) is 6. The van der Waals surface area contributed by atoms with Gasteiger partial charge in [0.15, 0.2) is 0 Å². The summed E-state index contributed by atoms with van der Waals surface area (Å²) in [7, 11) is 1.54. The highest BCUT2D eigenvalue weighted by atomic mass is 19.4. The van der Waals surface area contributed by atoms with Crippen molar-refractivity contribution in [3.63, 3.8) is 0 Å². The summed E-state index contributed by atoms with van der Waals surface area (Å²) < 4.78 is 48.7. The number of hydrogen-bond acceptors (Lipinski definition) is 9. The molecule has 1 saturated heterocycles. The van der Waals surface area contributed by atoms with Gasteiger partial charge in [-0.15, -0.1) is 0 Å². The zero-order valence-electron chi connectivity index (χ0n) is 22.5. The molecule has 41 heavy (non-hydrogen) atoms. The molecule has 4 aromatic rings. The van der Waals surface area contributed by atoms with Crippen LogP contribution in [0.15, 0.2) is 42.9 Å². The van der Waals surface area contributed by atoms with Crippen LogP contribution in [-0.4, -0.2) is 86.7 Å². The Kier molecular flexibility index (Phi) is 8.19. The third kappa shape index (κ3) is 6.82. The summed E-state index contributed by atoms with van der Waals surface area (Å²) >= 11 is 0. The summed E-state index contributed by atoms with van der Waals surface area (Å²) in [6, 6.07) is 9.45. The van der Waals surface area contributed by atoms with E-state index in [1.54, 1.807) is 13.3 Å². The number of ether oxygens (including phenoxy) is 2. The Morgan fingerprint density at radius 3 is 2.63 bits per heavy atom. The number of aromatic nitrogens is 5. The Morgan fingerprint density at radius 2 is 1.90 bits per heavy atom. The number of halogens is 3. The molecule has 2 N–H and O–H groups in total. The van der Waals surface area contributed by atoms with Crippen LogP contribution in [0.5, 0.6) is 11.6 Å². The van der Waals surface area contributed by atoms with Crippen LogP contribution in [0.25, 0.3) is 22.3 Å². The maximum Gasteiger partial charge on any atom is 0.397 e. The van der Waals surface area contributed by atoms with Gasteiger partial charge in [0.2, 0.25) is 17.6 Å². The standard InChI is InChI=1S/C27H29F3N8O3/c1-3-41-25-24(40-2)23(32-16-33-25)18-4-5-19-20(13-18)35-26(34-19)36-21-12-17(6-7-31-21)15-37-8-10-38(11-9-37)22(39)14-27(28,29)30/h4-7,12-13,16H,3,8-11,14-15H2,1-2H3,(H2,31,34,35,36). The van der Waals surface area contributed by atoms with E-state index in [1.165, 1.54) is 11.2 Å². The number of hydrogen-bond donors (Lipinski definition) is 2. The monoisotopic (exact) mass is 570 g/mol. The number of alkyl halides is 3. The summed E-state index contributed by atoms with van der Waals surface area (Å²) in [6.45, 7) is 4.40. The number of pyridine rings is 1. The zero-order valence-corrected chi connectivity index (χ0v) is 22.5. The van der Waals surface area contributed by atoms with Gasteiger partial charge < -0.3 is 24.7 Å². The lowest BCUT2D eigenvalue weighted by atomic mass is 10.1.